The SMILES string of the molecule is COc1ccc(C=CC(=O)O[C@H]2[C@@H](O)[C@@H](O)[C@H](Oc3c(-c4ccc(O)c(O)c4)oc4cc(O)cc(O)c4c3=O)O[C@H]2C(=O)O)cc1O. The number of ether oxygens (including phenoxy) is 4. The zero-order valence-electron chi connectivity index (χ0n) is 24.0. The van der Waals surface area contributed by atoms with Crippen molar-refractivity contribution in [2.45, 2.75) is 30.7 Å². The summed E-state index contributed by atoms with van der Waals surface area (Å²) >= 11 is 0. The van der Waals surface area contributed by atoms with Crippen molar-refractivity contribution < 1.29 is 73.8 Å². The first-order valence-electron chi connectivity index (χ1n) is 13.5. The van der Waals surface area contributed by atoms with Gasteiger partial charge in [0, 0.05) is 23.8 Å². The normalized spacial score (nSPS) is 21.0. The second-order valence-electron chi connectivity index (χ2n) is 10.2. The van der Waals surface area contributed by atoms with E-state index in [-0.39, 0.29) is 22.6 Å². The number of carbonyl (C=O) groups is 2. The first kappa shape index (κ1) is 32.4. The summed E-state index contributed by atoms with van der Waals surface area (Å²) in [4.78, 5) is 38.3. The van der Waals surface area contributed by atoms with Crippen molar-refractivity contribution >= 4 is 29.0 Å². The topological polar surface area (TPSA) is 263 Å². The first-order chi connectivity index (χ1) is 22.3. The Bertz CT molecular complexity index is 1950. The molecule has 0 spiro atoms. The highest BCUT2D eigenvalue weighted by Crippen LogP contribution is 2.39. The van der Waals surface area contributed by atoms with Crippen LogP contribution < -0.4 is 14.9 Å². The average Bonchev–Trinajstić information content (AvgIpc) is 3.01. The summed E-state index contributed by atoms with van der Waals surface area (Å²) in [5.74, 6) is -6.65. The predicted molar refractivity (Wildman–Crippen MR) is 157 cm³/mol. The molecule has 4 aromatic rings. The summed E-state index contributed by atoms with van der Waals surface area (Å²) in [5, 5.41) is 81.0. The molecule has 1 fully saturated rings. The molecule has 1 aliphatic rings. The molecule has 2 heterocycles. The second-order valence-corrected chi connectivity index (χ2v) is 10.2. The van der Waals surface area contributed by atoms with Gasteiger partial charge in [-0.15, -0.1) is 0 Å². The van der Waals surface area contributed by atoms with Gasteiger partial charge >= 0.3 is 11.9 Å². The van der Waals surface area contributed by atoms with E-state index in [0.29, 0.717) is 5.56 Å². The fourth-order valence-corrected chi connectivity index (χ4v) is 4.76. The van der Waals surface area contributed by atoms with E-state index in [9.17, 15) is 55.2 Å². The number of rotatable bonds is 8. The van der Waals surface area contributed by atoms with Gasteiger partial charge in [-0.3, -0.25) is 4.79 Å². The average molecular weight is 655 g/mol. The Kier molecular flexibility index (Phi) is 8.83. The minimum atomic E-state index is -2.16. The maximum atomic E-state index is 13.6. The number of aliphatic carboxylic acids is 1. The summed E-state index contributed by atoms with van der Waals surface area (Å²) in [6.45, 7) is 0. The molecule has 1 saturated heterocycles. The summed E-state index contributed by atoms with van der Waals surface area (Å²) in [6, 6.07) is 9.21. The Morgan fingerprint density at radius 1 is 0.872 bits per heavy atom. The molecule has 0 bridgehead atoms. The molecule has 47 heavy (non-hydrogen) atoms. The van der Waals surface area contributed by atoms with Crippen LogP contribution in [0.3, 0.4) is 0 Å². The molecular weight excluding hydrogens is 628 g/mol. The fraction of sp³-hybridized carbons (Fsp3) is 0.194. The van der Waals surface area contributed by atoms with E-state index < -0.39 is 88.0 Å². The molecule has 0 unspecified atom stereocenters. The molecule has 1 aromatic heterocycles. The number of fused-ring (bicyclic) bond motifs is 1. The van der Waals surface area contributed by atoms with Crippen LogP contribution in [0.4, 0.5) is 0 Å². The van der Waals surface area contributed by atoms with Crippen LogP contribution in [0.1, 0.15) is 5.56 Å². The largest absolute Gasteiger partial charge is 0.508 e. The van der Waals surface area contributed by atoms with E-state index in [2.05, 4.69) is 0 Å². The van der Waals surface area contributed by atoms with Crippen molar-refractivity contribution in [3.05, 3.63) is 70.4 Å². The Balaban J connectivity index is 1.46. The second kappa shape index (κ2) is 12.8. The quantitative estimate of drug-likeness (QED) is 0.0760. The van der Waals surface area contributed by atoms with Crippen LogP contribution in [-0.4, -0.2) is 90.6 Å². The first-order valence-corrected chi connectivity index (χ1v) is 13.5. The van der Waals surface area contributed by atoms with Gasteiger partial charge in [-0.05, 0) is 42.0 Å². The van der Waals surface area contributed by atoms with Gasteiger partial charge in [0.2, 0.25) is 17.5 Å². The Morgan fingerprint density at radius 2 is 1.62 bits per heavy atom. The number of carboxylic acid groups (broad SMARTS) is 1. The number of esters is 1. The van der Waals surface area contributed by atoms with Crippen LogP contribution in [0, 0.1) is 0 Å². The van der Waals surface area contributed by atoms with E-state index in [0.717, 1.165) is 30.3 Å². The Labute approximate surface area is 262 Å². The molecule has 5 rings (SSSR count). The number of carboxylic acids is 1. The lowest BCUT2D eigenvalue weighted by molar-refractivity contribution is -0.274. The van der Waals surface area contributed by atoms with Crippen molar-refractivity contribution in [2.24, 2.45) is 0 Å². The molecule has 16 heteroatoms. The molecule has 246 valence electrons. The molecular formula is C31H26O16. The number of phenolic OH excluding ortho intramolecular Hbond substituents is 5. The summed E-state index contributed by atoms with van der Waals surface area (Å²) in [7, 11) is 1.34. The molecule has 0 amide bonds. The summed E-state index contributed by atoms with van der Waals surface area (Å²) in [5.41, 5.74) is -1.22. The highest BCUT2D eigenvalue weighted by Gasteiger charge is 2.51. The number of aromatic hydroxyl groups is 5. The lowest BCUT2D eigenvalue weighted by Crippen LogP contribution is -2.62. The van der Waals surface area contributed by atoms with Crippen molar-refractivity contribution in [1.29, 1.82) is 0 Å². The van der Waals surface area contributed by atoms with Crippen molar-refractivity contribution in [2.75, 3.05) is 7.11 Å². The van der Waals surface area contributed by atoms with Gasteiger partial charge in [-0.25, -0.2) is 9.59 Å². The molecule has 16 nitrogen and oxygen atoms in total. The third kappa shape index (κ3) is 6.41. The Hall–Kier alpha value is -5.97. The van der Waals surface area contributed by atoms with Gasteiger partial charge in [0.1, 0.15) is 34.7 Å². The van der Waals surface area contributed by atoms with E-state index in [4.69, 9.17) is 23.4 Å². The number of hydrogen-bond acceptors (Lipinski definition) is 15. The zero-order valence-corrected chi connectivity index (χ0v) is 24.0. The number of methoxy groups -OCH3 is 1. The lowest BCUT2D eigenvalue weighted by atomic mass is 9.98. The van der Waals surface area contributed by atoms with E-state index in [1.54, 1.807) is 0 Å². The van der Waals surface area contributed by atoms with Gasteiger partial charge in [-0.1, -0.05) is 6.07 Å². The lowest BCUT2D eigenvalue weighted by Gasteiger charge is -2.39. The van der Waals surface area contributed by atoms with Crippen molar-refractivity contribution in [1.82, 2.24) is 0 Å². The van der Waals surface area contributed by atoms with Gasteiger partial charge in [0.15, 0.2) is 41.0 Å². The van der Waals surface area contributed by atoms with Gasteiger partial charge in [0.05, 0.1) is 7.11 Å². The standard InChI is InChI=1S/C31H26O16/c1-43-19-6-2-12(8-17(19)35)3-7-21(37)45-28-24(39)25(40)31(47-29(28)30(41)42)46-27-23(38)22-18(36)10-14(32)11-20(22)44-26(27)13-4-5-15(33)16(34)9-13/h2-11,24-25,28-29,31-36,39-40H,1H3,(H,41,42)/t24-,25+,28-,29+,31+/m0/s1. The minimum Gasteiger partial charge on any atom is -0.508 e. The monoisotopic (exact) mass is 654 g/mol. The summed E-state index contributed by atoms with van der Waals surface area (Å²) < 4.78 is 26.7. The predicted octanol–water partition coefficient (Wildman–Crippen LogP) is 1.53. The molecule has 8 N–H and O–H groups in total. The highest BCUT2D eigenvalue weighted by atomic mass is 16.7. The van der Waals surface area contributed by atoms with Crippen LogP contribution in [0.25, 0.3) is 28.4 Å². The fourth-order valence-electron chi connectivity index (χ4n) is 4.76. The number of benzene rings is 3. The van der Waals surface area contributed by atoms with Crippen LogP contribution in [0.15, 0.2) is 63.8 Å². The van der Waals surface area contributed by atoms with Crippen molar-refractivity contribution in [3.63, 3.8) is 0 Å². The summed E-state index contributed by atoms with van der Waals surface area (Å²) in [6.07, 6.45) is -8.50. The molecule has 3 aromatic carbocycles. The van der Waals surface area contributed by atoms with Crippen LogP contribution in [0.5, 0.6) is 40.2 Å². The van der Waals surface area contributed by atoms with Gasteiger partial charge in [0.25, 0.3) is 0 Å². The third-order valence-electron chi connectivity index (χ3n) is 7.04. The highest BCUT2D eigenvalue weighted by molar-refractivity contribution is 5.89. The van der Waals surface area contributed by atoms with E-state index in [1.807, 2.05) is 0 Å². The van der Waals surface area contributed by atoms with Crippen LogP contribution >= 0.6 is 0 Å². The van der Waals surface area contributed by atoms with Crippen LogP contribution in [-0.2, 0) is 19.1 Å². The zero-order chi connectivity index (χ0) is 34.2. The molecule has 1 aliphatic heterocycles. The maximum Gasteiger partial charge on any atom is 0.337 e. The van der Waals surface area contributed by atoms with Crippen molar-refractivity contribution in [3.8, 4) is 51.6 Å². The Morgan fingerprint density at radius 3 is 2.28 bits per heavy atom. The number of aliphatic hydroxyl groups excluding tert-OH is 2. The smallest absolute Gasteiger partial charge is 0.337 e. The van der Waals surface area contributed by atoms with Crippen LogP contribution in [0.2, 0.25) is 0 Å². The molecule has 5 atom stereocenters. The number of phenols is 5. The number of hydrogen-bond donors (Lipinski definition) is 8. The number of aliphatic hydroxyl groups is 2. The van der Waals surface area contributed by atoms with Gasteiger partial charge in [-0.2, -0.15) is 0 Å². The molecule has 0 aliphatic carbocycles. The minimum absolute atomic E-state index is 0.0958. The molecule has 0 saturated carbocycles. The third-order valence-corrected chi connectivity index (χ3v) is 7.04. The van der Waals surface area contributed by atoms with Gasteiger partial charge < -0.3 is 64.2 Å². The van der Waals surface area contributed by atoms with E-state index in [1.165, 1.54) is 37.5 Å². The molecule has 0 radical (unpaired) electrons. The maximum absolute atomic E-state index is 13.6. The van der Waals surface area contributed by atoms with E-state index >= 15 is 0 Å². The number of carbonyl (C=O) groups excluding carboxylic acids is 1.